The van der Waals surface area contributed by atoms with Crippen molar-refractivity contribution in [2.75, 3.05) is 0 Å². The summed E-state index contributed by atoms with van der Waals surface area (Å²) in [6, 6.07) is 4.22. The minimum absolute atomic E-state index is 0.338. The summed E-state index contributed by atoms with van der Waals surface area (Å²) in [5.74, 6) is 0.338. The largest absolute Gasteiger partial charge is 0.294 e. The standard InChI is InChI=1S/C11H11IO/c1-2-8-9(12)5-3-7-4-6-10(13)11(7)8/h3,5H,2,4,6H2,1H3. The van der Waals surface area contributed by atoms with Crippen LogP contribution in [0.3, 0.4) is 0 Å². The first kappa shape index (κ1) is 9.19. The van der Waals surface area contributed by atoms with Crippen molar-refractivity contribution in [3.63, 3.8) is 0 Å². The highest BCUT2D eigenvalue weighted by Crippen LogP contribution is 2.28. The molecule has 1 nitrogen and oxygen atoms in total. The van der Waals surface area contributed by atoms with E-state index in [9.17, 15) is 4.79 Å². The molecule has 0 aromatic heterocycles. The lowest BCUT2D eigenvalue weighted by molar-refractivity contribution is 0.0994. The molecule has 2 rings (SSSR count). The van der Waals surface area contributed by atoms with Gasteiger partial charge in [0.25, 0.3) is 0 Å². The van der Waals surface area contributed by atoms with Crippen molar-refractivity contribution in [1.82, 2.24) is 0 Å². The molecule has 0 spiro atoms. The van der Waals surface area contributed by atoms with Crippen LogP contribution in [-0.2, 0) is 12.8 Å². The van der Waals surface area contributed by atoms with Gasteiger partial charge in [-0.3, -0.25) is 4.79 Å². The highest BCUT2D eigenvalue weighted by atomic mass is 127. The van der Waals surface area contributed by atoms with Gasteiger partial charge in [-0.15, -0.1) is 0 Å². The highest BCUT2D eigenvalue weighted by molar-refractivity contribution is 14.1. The molecule has 0 saturated heterocycles. The lowest BCUT2D eigenvalue weighted by Crippen LogP contribution is -2.00. The Morgan fingerprint density at radius 3 is 2.85 bits per heavy atom. The maximum atomic E-state index is 11.6. The van der Waals surface area contributed by atoms with Gasteiger partial charge in [0.1, 0.15) is 0 Å². The Labute approximate surface area is 91.7 Å². The predicted octanol–water partition coefficient (Wildman–Crippen LogP) is 2.98. The second kappa shape index (κ2) is 3.40. The van der Waals surface area contributed by atoms with Crippen LogP contribution in [0.2, 0.25) is 0 Å². The van der Waals surface area contributed by atoms with Gasteiger partial charge in [0, 0.05) is 15.6 Å². The molecule has 1 aliphatic carbocycles. The summed E-state index contributed by atoms with van der Waals surface area (Å²) in [5, 5.41) is 0. The second-order valence-corrected chi connectivity index (χ2v) is 4.50. The summed E-state index contributed by atoms with van der Waals surface area (Å²) in [4.78, 5) is 11.6. The highest BCUT2D eigenvalue weighted by Gasteiger charge is 2.23. The van der Waals surface area contributed by atoms with Gasteiger partial charge in [-0.1, -0.05) is 13.0 Å². The fourth-order valence-electron chi connectivity index (χ4n) is 1.95. The molecule has 0 amide bonds. The van der Waals surface area contributed by atoms with Crippen molar-refractivity contribution >= 4 is 28.4 Å². The second-order valence-electron chi connectivity index (χ2n) is 3.34. The molecule has 0 unspecified atom stereocenters. The maximum absolute atomic E-state index is 11.6. The Morgan fingerprint density at radius 1 is 1.38 bits per heavy atom. The number of ketones is 1. The summed E-state index contributed by atoms with van der Waals surface area (Å²) >= 11 is 2.31. The van der Waals surface area contributed by atoms with Crippen molar-refractivity contribution in [2.24, 2.45) is 0 Å². The minimum Gasteiger partial charge on any atom is -0.294 e. The van der Waals surface area contributed by atoms with Crippen LogP contribution in [-0.4, -0.2) is 5.78 Å². The van der Waals surface area contributed by atoms with Crippen molar-refractivity contribution in [3.05, 3.63) is 32.4 Å². The van der Waals surface area contributed by atoms with E-state index in [4.69, 9.17) is 0 Å². The number of benzene rings is 1. The first-order valence-corrected chi connectivity index (χ1v) is 5.65. The Bertz CT molecular complexity index is 369. The number of aryl methyl sites for hydroxylation is 1. The number of hydrogen-bond acceptors (Lipinski definition) is 1. The topological polar surface area (TPSA) is 17.1 Å². The number of fused-ring (bicyclic) bond motifs is 1. The van der Waals surface area contributed by atoms with Gasteiger partial charge in [0.2, 0.25) is 0 Å². The fourth-order valence-corrected chi connectivity index (χ4v) is 2.78. The van der Waals surface area contributed by atoms with E-state index in [1.54, 1.807) is 0 Å². The lowest BCUT2D eigenvalue weighted by atomic mass is 10.0. The van der Waals surface area contributed by atoms with Gasteiger partial charge in [-0.2, -0.15) is 0 Å². The first-order chi connectivity index (χ1) is 6.24. The lowest BCUT2D eigenvalue weighted by Gasteiger charge is -2.07. The third-order valence-corrected chi connectivity index (χ3v) is 3.61. The molecule has 0 aliphatic heterocycles. The number of rotatable bonds is 1. The molecule has 1 aliphatic rings. The van der Waals surface area contributed by atoms with Crippen LogP contribution < -0.4 is 0 Å². The molecule has 0 atom stereocenters. The third kappa shape index (κ3) is 1.41. The third-order valence-electron chi connectivity index (χ3n) is 2.60. The van der Waals surface area contributed by atoms with E-state index in [2.05, 4.69) is 41.6 Å². The van der Waals surface area contributed by atoms with Crippen molar-refractivity contribution in [3.8, 4) is 0 Å². The Morgan fingerprint density at radius 2 is 2.15 bits per heavy atom. The van der Waals surface area contributed by atoms with Crippen LogP contribution in [0.1, 0.15) is 34.8 Å². The fraction of sp³-hybridized carbons (Fsp3) is 0.364. The van der Waals surface area contributed by atoms with E-state index in [0.29, 0.717) is 12.2 Å². The van der Waals surface area contributed by atoms with Gasteiger partial charge in [0.05, 0.1) is 0 Å². The van der Waals surface area contributed by atoms with Crippen molar-refractivity contribution < 1.29 is 4.79 Å². The number of halogens is 1. The molecule has 0 fully saturated rings. The average molecular weight is 286 g/mol. The average Bonchev–Trinajstić information content (AvgIpc) is 2.49. The molecule has 2 heteroatoms. The van der Waals surface area contributed by atoms with Crippen LogP contribution in [0, 0.1) is 3.57 Å². The summed E-state index contributed by atoms with van der Waals surface area (Å²) in [7, 11) is 0. The molecule has 0 bridgehead atoms. The smallest absolute Gasteiger partial charge is 0.163 e. The molecule has 0 N–H and O–H groups in total. The summed E-state index contributed by atoms with van der Waals surface area (Å²) in [6.07, 6.45) is 2.62. The van der Waals surface area contributed by atoms with Crippen LogP contribution in [0.25, 0.3) is 0 Å². The first-order valence-electron chi connectivity index (χ1n) is 4.57. The van der Waals surface area contributed by atoms with E-state index in [-0.39, 0.29) is 0 Å². The van der Waals surface area contributed by atoms with Crippen LogP contribution >= 0.6 is 22.6 Å². The summed E-state index contributed by atoms with van der Waals surface area (Å²) in [5.41, 5.74) is 3.53. The molecule has 0 radical (unpaired) electrons. The Hall–Kier alpha value is -0.380. The van der Waals surface area contributed by atoms with Gasteiger partial charge < -0.3 is 0 Å². The van der Waals surface area contributed by atoms with Crippen LogP contribution in [0.15, 0.2) is 12.1 Å². The number of carbonyl (C=O) groups excluding carboxylic acids is 1. The molecular formula is C11H11IO. The number of Topliss-reactive ketones (excluding diaryl/α,β-unsaturated/α-hetero) is 1. The van der Waals surface area contributed by atoms with Gasteiger partial charge >= 0.3 is 0 Å². The minimum atomic E-state index is 0.338. The zero-order valence-corrected chi connectivity index (χ0v) is 9.72. The molecule has 1 aromatic rings. The molecule has 13 heavy (non-hydrogen) atoms. The van der Waals surface area contributed by atoms with Gasteiger partial charge in [0.15, 0.2) is 5.78 Å². The van der Waals surface area contributed by atoms with E-state index in [1.165, 1.54) is 14.7 Å². The zero-order valence-electron chi connectivity index (χ0n) is 7.56. The zero-order chi connectivity index (χ0) is 9.42. The Balaban J connectivity index is 2.67. The van der Waals surface area contributed by atoms with Crippen molar-refractivity contribution in [2.45, 2.75) is 26.2 Å². The van der Waals surface area contributed by atoms with E-state index in [0.717, 1.165) is 18.4 Å². The van der Waals surface area contributed by atoms with E-state index < -0.39 is 0 Å². The molecule has 0 saturated carbocycles. The van der Waals surface area contributed by atoms with Gasteiger partial charge in [-0.25, -0.2) is 0 Å². The van der Waals surface area contributed by atoms with Crippen molar-refractivity contribution in [1.29, 1.82) is 0 Å². The predicted molar refractivity (Wildman–Crippen MR) is 61.2 cm³/mol. The quantitative estimate of drug-likeness (QED) is 0.725. The number of carbonyl (C=O) groups is 1. The van der Waals surface area contributed by atoms with Crippen LogP contribution in [0.5, 0.6) is 0 Å². The molecular weight excluding hydrogens is 275 g/mol. The molecule has 0 heterocycles. The summed E-state index contributed by atoms with van der Waals surface area (Å²) < 4.78 is 1.23. The number of hydrogen-bond donors (Lipinski definition) is 0. The Kier molecular flexibility index (Phi) is 2.41. The monoisotopic (exact) mass is 286 g/mol. The summed E-state index contributed by atoms with van der Waals surface area (Å²) in [6.45, 7) is 2.11. The molecule has 68 valence electrons. The molecule has 1 aromatic carbocycles. The normalized spacial score (nSPS) is 14.8. The maximum Gasteiger partial charge on any atom is 0.163 e. The van der Waals surface area contributed by atoms with Crippen LogP contribution in [0.4, 0.5) is 0 Å². The SMILES string of the molecule is CCc1c(I)ccc2c1C(=O)CC2. The van der Waals surface area contributed by atoms with E-state index in [1.807, 2.05) is 0 Å². The van der Waals surface area contributed by atoms with Gasteiger partial charge in [-0.05, 0) is 52.6 Å². The van der Waals surface area contributed by atoms with E-state index >= 15 is 0 Å².